The van der Waals surface area contributed by atoms with E-state index in [1.807, 2.05) is 38.1 Å². The monoisotopic (exact) mass is 298 g/mol. The van der Waals surface area contributed by atoms with Crippen molar-refractivity contribution >= 4 is 5.69 Å². The van der Waals surface area contributed by atoms with E-state index in [1.54, 1.807) is 6.07 Å². The summed E-state index contributed by atoms with van der Waals surface area (Å²) >= 11 is 0. The van der Waals surface area contributed by atoms with Crippen LogP contribution < -0.4 is 5.32 Å². The molecule has 0 aliphatic heterocycles. The van der Waals surface area contributed by atoms with Crippen molar-refractivity contribution in [3.05, 3.63) is 65.0 Å². The quantitative estimate of drug-likeness (QED) is 0.867. The molecule has 0 radical (unpaired) electrons. The lowest BCUT2D eigenvalue weighted by atomic mass is 10.1. The van der Waals surface area contributed by atoms with Crippen LogP contribution in [0.25, 0.3) is 0 Å². The Bertz CT molecular complexity index is 677. The number of ether oxygens (including phenoxy) is 1. The number of nitriles is 1. The molecule has 2 aromatic rings. The van der Waals surface area contributed by atoms with Crippen molar-refractivity contribution in [3.8, 4) is 6.07 Å². The molecule has 0 atom stereocenters. The maximum absolute atomic E-state index is 13.1. The van der Waals surface area contributed by atoms with E-state index >= 15 is 0 Å². The van der Waals surface area contributed by atoms with Crippen molar-refractivity contribution in [1.82, 2.24) is 0 Å². The van der Waals surface area contributed by atoms with Crippen LogP contribution in [0.1, 0.15) is 30.5 Å². The second kappa shape index (κ2) is 7.58. The molecule has 2 rings (SSSR count). The lowest BCUT2D eigenvalue weighted by Gasteiger charge is -2.11. The van der Waals surface area contributed by atoms with Crippen molar-refractivity contribution in [1.29, 1.82) is 5.26 Å². The molecule has 0 spiro atoms. The third-order valence-corrected chi connectivity index (χ3v) is 3.16. The van der Waals surface area contributed by atoms with Gasteiger partial charge in [0, 0.05) is 6.54 Å². The van der Waals surface area contributed by atoms with Crippen LogP contribution in [0.15, 0.2) is 42.5 Å². The van der Waals surface area contributed by atoms with Crippen molar-refractivity contribution in [3.63, 3.8) is 0 Å². The van der Waals surface area contributed by atoms with E-state index in [9.17, 15) is 4.39 Å². The van der Waals surface area contributed by atoms with E-state index in [0.29, 0.717) is 24.4 Å². The first kappa shape index (κ1) is 16.0. The number of nitrogens with zero attached hydrogens (tertiary/aromatic N) is 1. The van der Waals surface area contributed by atoms with E-state index in [-0.39, 0.29) is 6.10 Å². The maximum Gasteiger partial charge on any atom is 0.124 e. The summed E-state index contributed by atoms with van der Waals surface area (Å²) in [6, 6.07) is 14.2. The topological polar surface area (TPSA) is 45.0 Å². The minimum Gasteiger partial charge on any atom is -0.380 e. The largest absolute Gasteiger partial charge is 0.380 e. The molecule has 4 heteroatoms. The molecule has 114 valence electrons. The number of rotatable bonds is 6. The fourth-order valence-electron chi connectivity index (χ4n) is 2.05. The summed E-state index contributed by atoms with van der Waals surface area (Å²) in [5, 5.41) is 12.2. The van der Waals surface area contributed by atoms with Gasteiger partial charge < -0.3 is 10.1 Å². The second-order valence-corrected chi connectivity index (χ2v) is 5.33. The summed E-state index contributed by atoms with van der Waals surface area (Å²) in [6.07, 6.45) is 0.194. The first-order chi connectivity index (χ1) is 10.6. The normalized spacial score (nSPS) is 10.5. The van der Waals surface area contributed by atoms with E-state index in [0.717, 1.165) is 11.1 Å². The lowest BCUT2D eigenvalue weighted by molar-refractivity contribution is 0.0657. The van der Waals surface area contributed by atoms with E-state index < -0.39 is 5.82 Å². The number of halogens is 1. The highest BCUT2D eigenvalue weighted by molar-refractivity contribution is 5.57. The summed E-state index contributed by atoms with van der Waals surface area (Å²) in [5.74, 6) is -0.407. The molecule has 2 aromatic carbocycles. The number of hydrogen-bond acceptors (Lipinski definition) is 3. The highest BCUT2D eigenvalue weighted by atomic mass is 19.1. The average Bonchev–Trinajstić information content (AvgIpc) is 2.52. The minimum atomic E-state index is -0.407. The first-order valence-corrected chi connectivity index (χ1v) is 7.21. The molecule has 0 aliphatic rings. The van der Waals surface area contributed by atoms with Crippen molar-refractivity contribution in [2.24, 2.45) is 0 Å². The van der Waals surface area contributed by atoms with Crippen molar-refractivity contribution in [2.45, 2.75) is 33.1 Å². The van der Waals surface area contributed by atoms with Gasteiger partial charge in [-0.2, -0.15) is 5.26 Å². The van der Waals surface area contributed by atoms with Gasteiger partial charge in [0.15, 0.2) is 0 Å². The Morgan fingerprint density at radius 3 is 2.68 bits per heavy atom. The van der Waals surface area contributed by atoms with Gasteiger partial charge in [-0.3, -0.25) is 0 Å². The van der Waals surface area contributed by atoms with Crippen LogP contribution in [0.4, 0.5) is 10.1 Å². The summed E-state index contributed by atoms with van der Waals surface area (Å²) < 4.78 is 18.7. The summed E-state index contributed by atoms with van der Waals surface area (Å²) in [4.78, 5) is 0. The van der Waals surface area contributed by atoms with Crippen molar-refractivity contribution < 1.29 is 9.13 Å². The molecule has 1 N–H and O–H groups in total. The molecule has 0 heterocycles. The molecule has 0 unspecified atom stereocenters. The molecule has 0 amide bonds. The van der Waals surface area contributed by atoms with Crippen LogP contribution >= 0.6 is 0 Å². The molecular formula is C18H19FN2O. The Morgan fingerprint density at radius 2 is 1.95 bits per heavy atom. The zero-order chi connectivity index (χ0) is 15.9. The summed E-state index contributed by atoms with van der Waals surface area (Å²) in [5.41, 5.74) is 3.12. The van der Waals surface area contributed by atoms with Gasteiger partial charge in [0.05, 0.1) is 24.0 Å². The highest BCUT2D eigenvalue weighted by Crippen LogP contribution is 2.17. The fourth-order valence-corrected chi connectivity index (χ4v) is 2.05. The lowest BCUT2D eigenvalue weighted by Crippen LogP contribution is -2.04. The zero-order valence-corrected chi connectivity index (χ0v) is 12.8. The summed E-state index contributed by atoms with van der Waals surface area (Å²) in [6.45, 7) is 5.15. The predicted molar refractivity (Wildman–Crippen MR) is 84.8 cm³/mol. The van der Waals surface area contributed by atoms with Crippen molar-refractivity contribution in [2.75, 3.05) is 5.32 Å². The molecule has 22 heavy (non-hydrogen) atoms. The first-order valence-electron chi connectivity index (χ1n) is 7.21. The van der Waals surface area contributed by atoms with Gasteiger partial charge >= 0.3 is 0 Å². The van der Waals surface area contributed by atoms with E-state index in [2.05, 4.69) is 11.4 Å². The van der Waals surface area contributed by atoms with Gasteiger partial charge in [-0.05, 0) is 43.2 Å². The Balaban J connectivity index is 2.03. The van der Waals surface area contributed by atoms with Crippen LogP contribution in [-0.4, -0.2) is 6.10 Å². The molecule has 3 nitrogen and oxygen atoms in total. The Hall–Kier alpha value is -2.38. The molecule has 0 aromatic heterocycles. The number of nitrogens with one attached hydrogen (secondary N) is 1. The highest BCUT2D eigenvalue weighted by Gasteiger charge is 2.04. The SMILES string of the molecule is CC(C)OCc1cccc(CNc2ccc(F)cc2C#N)c1. The second-order valence-electron chi connectivity index (χ2n) is 5.33. The Kier molecular flexibility index (Phi) is 5.51. The van der Waals surface area contributed by atoms with Crippen LogP contribution in [0.2, 0.25) is 0 Å². The Labute approximate surface area is 130 Å². The zero-order valence-electron chi connectivity index (χ0n) is 12.8. The molecular weight excluding hydrogens is 279 g/mol. The van der Waals surface area contributed by atoms with Gasteiger partial charge in [0.1, 0.15) is 11.9 Å². The van der Waals surface area contributed by atoms with Crippen LogP contribution in [0.5, 0.6) is 0 Å². The average molecular weight is 298 g/mol. The summed E-state index contributed by atoms with van der Waals surface area (Å²) in [7, 11) is 0. The standard InChI is InChI=1S/C18H19FN2O/c1-13(2)22-12-15-5-3-4-14(8-15)11-21-18-7-6-17(19)9-16(18)10-20/h3-9,13,21H,11-12H2,1-2H3. The van der Waals surface area contributed by atoms with Gasteiger partial charge in [-0.1, -0.05) is 24.3 Å². The fraction of sp³-hybridized carbons (Fsp3) is 0.278. The molecule has 0 fully saturated rings. The number of benzene rings is 2. The predicted octanol–water partition coefficient (Wildman–Crippen LogP) is 4.23. The van der Waals surface area contributed by atoms with Gasteiger partial charge in [-0.15, -0.1) is 0 Å². The van der Waals surface area contributed by atoms with Gasteiger partial charge in [0.25, 0.3) is 0 Å². The molecule has 0 bridgehead atoms. The van der Waals surface area contributed by atoms with Gasteiger partial charge in [0.2, 0.25) is 0 Å². The molecule has 0 saturated heterocycles. The molecule has 0 saturated carbocycles. The number of anilines is 1. The minimum absolute atomic E-state index is 0.194. The number of hydrogen-bond donors (Lipinski definition) is 1. The Morgan fingerprint density at radius 1 is 1.18 bits per heavy atom. The molecule has 0 aliphatic carbocycles. The van der Waals surface area contributed by atoms with Gasteiger partial charge in [-0.25, -0.2) is 4.39 Å². The van der Waals surface area contributed by atoms with E-state index in [1.165, 1.54) is 12.1 Å². The third kappa shape index (κ3) is 4.57. The van der Waals surface area contributed by atoms with Crippen LogP contribution in [-0.2, 0) is 17.9 Å². The van der Waals surface area contributed by atoms with Crippen LogP contribution in [0, 0.1) is 17.1 Å². The maximum atomic E-state index is 13.1. The third-order valence-electron chi connectivity index (χ3n) is 3.16. The van der Waals surface area contributed by atoms with Crippen LogP contribution in [0.3, 0.4) is 0 Å². The smallest absolute Gasteiger partial charge is 0.124 e. The van der Waals surface area contributed by atoms with E-state index in [4.69, 9.17) is 10.00 Å².